The van der Waals surface area contributed by atoms with Crippen molar-refractivity contribution < 1.29 is 9.72 Å². The quantitative estimate of drug-likeness (QED) is 0.436. The molecular weight excluding hydrogens is 377 g/mol. The number of benzene rings is 2. The summed E-state index contributed by atoms with van der Waals surface area (Å²) >= 11 is 17.6. The predicted octanol–water partition coefficient (Wildman–Crippen LogP) is 4.40. The molecule has 0 aliphatic heterocycles. The molecule has 6 nitrogen and oxygen atoms in total. The monoisotopic (exact) mass is 387 g/mol. The second-order valence-electron chi connectivity index (χ2n) is 4.70. The lowest BCUT2D eigenvalue weighted by atomic mass is 10.2. The highest BCUT2D eigenvalue weighted by Crippen LogP contribution is 2.31. The summed E-state index contributed by atoms with van der Waals surface area (Å²) in [5.74, 6) is -0.330. The molecule has 0 radical (unpaired) electrons. The highest BCUT2D eigenvalue weighted by molar-refractivity contribution is 6.42. The van der Waals surface area contributed by atoms with Crippen molar-refractivity contribution in [2.45, 2.75) is 0 Å². The van der Waals surface area contributed by atoms with Crippen molar-refractivity contribution >= 4 is 52.1 Å². The second-order valence-corrected chi connectivity index (χ2v) is 5.92. The van der Waals surface area contributed by atoms with Gasteiger partial charge in [-0.2, -0.15) is 0 Å². The van der Waals surface area contributed by atoms with Crippen molar-refractivity contribution in [1.29, 1.82) is 0 Å². The predicted molar refractivity (Wildman–Crippen MR) is 95.4 cm³/mol. The van der Waals surface area contributed by atoms with Crippen molar-refractivity contribution in [3.63, 3.8) is 0 Å². The van der Waals surface area contributed by atoms with E-state index in [0.29, 0.717) is 10.6 Å². The first-order valence-corrected chi connectivity index (χ1v) is 7.93. The zero-order chi connectivity index (χ0) is 17.7. The van der Waals surface area contributed by atoms with Gasteiger partial charge in [-0.05, 0) is 24.3 Å². The Bertz CT molecular complexity index is 784. The van der Waals surface area contributed by atoms with Gasteiger partial charge < -0.3 is 10.6 Å². The van der Waals surface area contributed by atoms with E-state index in [4.69, 9.17) is 34.8 Å². The maximum atomic E-state index is 12.0. The van der Waals surface area contributed by atoms with Gasteiger partial charge in [0.25, 0.3) is 11.6 Å². The van der Waals surface area contributed by atoms with Crippen LogP contribution in [0.25, 0.3) is 0 Å². The van der Waals surface area contributed by atoms with Gasteiger partial charge in [0.05, 0.1) is 20.0 Å². The van der Waals surface area contributed by atoms with E-state index in [9.17, 15) is 14.9 Å². The molecule has 0 saturated carbocycles. The maximum Gasteiger partial charge on any atom is 0.293 e. The molecule has 0 spiro atoms. The Labute approximate surface area is 152 Å². The fraction of sp³-hybridized carbons (Fsp3) is 0.133. The molecule has 2 N–H and O–H groups in total. The average Bonchev–Trinajstić information content (AvgIpc) is 2.54. The molecule has 9 heteroatoms. The number of anilines is 1. The summed E-state index contributed by atoms with van der Waals surface area (Å²) in [5.41, 5.74) is 0.458. The summed E-state index contributed by atoms with van der Waals surface area (Å²) < 4.78 is 0. The largest absolute Gasteiger partial charge is 0.376 e. The minimum atomic E-state index is -0.525. The fourth-order valence-electron chi connectivity index (χ4n) is 1.94. The lowest BCUT2D eigenvalue weighted by Gasteiger charge is -2.10. The van der Waals surface area contributed by atoms with Gasteiger partial charge in [0.15, 0.2) is 0 Å². The summed E-state index contributed by atoms with van der Waals surface area (Å²) in [6.07, 6.45) is 0. The number of nitro benzene ring substituents is 1. The minimum Gasteiger partial charge on any atom is -0.376 e. The van der Waals surface area contributed by atoms with Gasteiger partial charge in [0.2, 0.25) is 0 Å². The van der Waals surface area contributed by atoms with Crippen LogP contribution in [0.3, 0.4) is 0 Å². The summed E-state index contributed by atoms with van der Waals surface area (Å²) in [7, 11) is 0. The standard InChI is InChI=1S/C15H12Cl3N3O3/c16-10-5-4-9(8-12(10)18)15(22)20-7-6-19-14-11(17)2-1-3-13(14)21(23)24/h1-5,8,19H,6-7H2,(H,20,22). The zero-order valence-electron chi connectivity index (χ0n) is 12.2. The van der Waals surface area contributed by atoms with E-state index in [-0.39, 0.29) is 40.4 Å². The van der Waals surface area contributed by atoms with Gasteiger partial charge in [-0.15, -0.1) is 0 Å². The Morgan fingerprint density at radius 1 is 1.04 bits per heavy atom. The van der Waals surface area contributed by atoms with Gasteiger partial charge in [-0.25, -0.2) is 0 Å². The molecule has 0 aromatic heterocycles. The Kier molecular flexibility index (Phi) is 6.25. The van der Waals surface area contributed by atoms with Crippen LogP contribution in [0.5, 0.6) is 0 Å². The molecule has 2 aromatic rings. The number of hydrogen-bond donors (Lipinski definition) is 2. The topological polar surface area (TPSA) is 84.3 Å². The number of nitrogens with one attached hydrogen (secondary N) is 2. The number of para-hydroxylation sites is 1. The van der Waals surface area contributed by atoms with Crippen LogP contribution in [0, 0.1) is 10.1 Å². The van der Waals surface area contributed by atoms with Crippen LogP contribution < -0.4 is 10.6 Å². The van der Waals surface area contributed by atoms with Crippen LogP contribution in [-0.4, -0.2) is 23.9 Å². The van der Waals surface area contributed by atoms with Crippen molar-refractivity contribution in [3.05, 3.63) is 67.1 Å². The van der Waals surface area contributed by atoms with Gasteiger partial charge in [-0.1, -0.05) is 40.9 Å². The van der Waals surface area contributed by atoms with Gasteiger partial charge in [0.1, 0.15) is 5.69 Å². The van der Waals surface area contributed by atoms with Crippen LogP contribution in [0.1, 0.15) is 10.4 Å². The van der Waals surface area contributed by atoms with E-state index in [1.165, 1.54) is 24.3 Å². The molecule has 24 heavy (non-hydrogen) atoms. The molecule has 2 aromatic carbocycles. The number of rotatable bonds is 6. The van der Waals surface area contributed by atoms with Gasteiger partial charge >= 0.3 is 0 Å². The molecule has 0 heterocycles. The Hall–Kier alpha value is -2.02. The smallest absolute Gasteiger partial charge is 0.293 e. The molecule has 0 aliphatic rings. The van der Waals surface area contributed by atoms with E-state index in [1.807, 2.05) is 0 Å². The van der Waals surface area contributed by atoms with Crippen LogP contribution in [-0.2, 0) is 0 Å². The minimum absolute atomic E-state index is 0.127. The third-order valence-electron chi connectivity index (χ3n) is 3.08. The number of carbonyl (C=O) groups is 1. The summed E-state index contributed by atoms with van der Waals surface area (Å²) in [4.78, 5) is 22.4. The molecule has 0 atom stereocenters. The number of halogens is 3. The molecule has 1 amide bonds. The number of amides is 1. The van der Waals surface area contributed by atoms with E-state index in [1.54, 1.807) is 12.1 Å². The van der Waals surface area contributed by atoms with Gasteiger partial charge in [0, 0.05) is 24.7 Å². The maximum absolute atomic E-state index is 12.0. The van der Waals surface area contributed by atoms with Crippen molar-refractivity contribution in [2.24, 2.45) is 0 Å². The molecule has 0 fully saturated rings. The molecular formula is C15H12Cl3N3O3. The summed E-state index contributed by atoms with van der Waals surface area (Å²) in [6, 6.07) is 8.94. The first kappa shape index (κ1) is 18.3. The third kappa shape index (κ3) is 4.50. The van der Waals surface area contributed by atoms with Crippen molar-refractivity contribution in [3.8, 4) is 0 Å². The lowest BCUT2D eigenvalue weighted by Crippen LogP contribution is -2.28. The number of hydrogen-bond acceptors (Lipinski definition) is 4. The van der Waals surface area contributed by atoms with Crippen LogP contribution in [0.2, 0.25) is 15.1 Å². The highest BCUT2D eigenvalue weighted by atomic mass is 35.5. The molecule has 0 bridgehead atoms. The SMILES string of the molecule is O=C(NCCNc1c(Cl)cccc1[N+](=O)[O-])c1ccc(Cl)c(Cl)c1. The van der Waals surface area contributed by atoms with E-state index < -0.39 is 4.92 Å². The number of nitro groups is 1. The van der Waals surface area contributed by atoms with Crippen LogP contribution in [0.4, 0.5) is 11.4 Å². The average molecular weight is 389 g/mol. The Morgan fingerprint density at radius 3 is 2.46 bits per heavy atom. The van der Waals surface area contributed by atoms with Crippen molar-refractivity contribution in [2.75, 3.05) is 18.4 Å². The number of carbonyl (C=O) groups excluding carboxylic acids is 1. The summed E-state index contributed by atoms with van der Waals surface area (Å²) in [5, 5.41) is 17.4. The lowest BCUT2D eigenvalue weighted by molar-refractivity contribution is -0.383. The molecule has 0 unspecified atom stereocenters. The fourth-order valence-corrected chi connectivity index (χ4v) is 2.48. The molecule has 126 valence electrons. The zero-order valence-corrected chi connectivity index (χ0v) is 14.5. The third-order valence-corrected chi connectivity index (χ3v) is 4.14. The first-order chi connectivity index (χ1) is 11.4. The highest BCUT2D eigenvalue weighted by Gasteiger charge is 2.16. The Morgan fingerprint density at radius 2 is 1.79 bits per heavy atom. The van der Waals surface area contributed by atoms with Crippen LogP contribution >= 0.6 is 34.8 Å². The van der Waals surface area contributed by atoms with Crippen LogP contribution in [0.15, 0.2) is 36.4 Å². The molecule has 0 aliphatic carbocycles. The first-order valence-electron chi connectivity index (χ1n) is 6.80. The normalized spacial score (nSPS) is 10.3. The second kappa shape index (κ2) is 8.19. The number of nitrogens with zero attached hydrogens (tertiary/aromatic N) is 1. The van der Waals surface area contributed by atoms with E-state index in [0.717, 1.165) is 0 Å². The molecule has 2 rings (SSSR count). The van der Waals surface area contributed by atoms with Gasteiger partial charge in [-0.3, -0.25) is 14.9 Å². The van der Waals surface area contributed by atoms with E-state index >= 15 is 0 Å². The Balaban J connectivity index is 1.92. The van der Waals surface area contributed by atoms with Crippen molar-refractivity contribution in [1.82, 2.24) is 5.32 Å². The summed E-state index contributed by atoms with van der Waals surface area (Å²) in [6.45, 7) is 0.499. The van der Waals surface area contributed by atoms with E-state index in [2.05, 4.69) is 10.6 Å². The molecule has 0 saturated heterocycles.